The molecule has 0 radical (unpaired) electrons. The summed E-state index contributed by atoms with van der Waals surface area (Å²) in [5.74, 6) is 1.92. The highest BCUT2D eigenvalue weighted by atomic mass is 16.5. The van der Waals surface area contributed by atoms with E-state index in [0.717, 1.165) is 29.0 Å². The Morgan fingerprint density at radius 1 is 1.39 bits per heavy atom. The maximum atomic E-state index is 5.65. The number of ether oxygens (including phenoxy) is 1. The molecular weight excluding hydrogens is 226 g/mol. The molecule has 0 amide bonds. The topological polar surface area (TPSA) is 53.1 Å². The molecule has 0 fully saturated rings. The van der Waals surface area contributed by atoms with Crippen LogP contribution in [0.15, 0.2) is 18.2 Å². The number of aromatic nitrogens is 2. The molecule has 0 aliphatic heterocycles. The second-order valence-electron chi connectivity index (χ2n) is 4.61. The average Bonchev–Trinajstić information content (AvgIpc) is 2.67. The van der Waals surface area contributed by atoms with E-state index < -0.39 is 0 Å². The number of hydrogen-bond donors (Lipinski definition) is 1. The Morgan fingerprint density at radius 3 is 2.78 bits per heavy atom. The van der Waals surface area contributed by atoms with Crippen molar-refractivity contribution < 1.29 is 4.74 Å². The van der Waals surface area contributed by atoms with Crippen LogP contribution >= 0.6 is 0 Å². The largest absolute Gasteiger partial charge is 0.494 e. The van der Waals surface area contributed by atoms with Gasteiger partial charge in [-0.25, -0.2) is 4.98 Å². The van der Waals surface area contributed by atoms with E-state index >= 15 is 0 Å². The first-order valence-electron chi connectivity index (χ1n) is 6.51. The molecule has 2 N–H and O–H groups in total. The first-order valence-corrected chi connectivity index (χ1v) is 6.51. The first kappa shape index (κ1) is 12.9. The fourth-order valence-electron chi connectivity index (χ4n) is 2.27. The van der Waals surface area contributed by atoms with Crippen molar-refractivity contribution in [1.29, 1.82) is 0 Å². The molecule has 18 heavy (non-hydrogen) atoms. The monoisotopic (exact) mass is 247 g/mol. The molecule has 2 aromatic rings. The Kier molecular flexibility index (Phi) is 3.87. The maximum Gasteiger partial charge on any atom is 0.121 e. The van der Waals surface area contributed by atoms with Crippen molar-refractivity contribution in [3.63, 3.8) is 0 Å². The summed E-state index contributed by atoms with van der Waals surface area (Å²) in [4.78, 5) is 4.67. The van der Waals surface area contributed by atoms with Gasteiger partial charge in [0.1, 0.15) is 11.6 Å². The number of fused-ring (bicyclic) bond motifs is 1. The highest BCUT2D eigenvalue weighted by Gasteiger charge is 2.13. The van der Waals surface area contributed by atoms with Gasteiger partial charge in [0.25, 0.3) is 0 Å². The smallest absolute Gasteiger partial charge is 0.121 e. The lowest BCUT2D eigenvalue weighted by Crippen LogP contribution is -2.11. The SMILES string of the molecule is CCOc1ccc2c(c1)nc(CCN)n2C(C)C. The van der Waals surface area contributed by atoms with Crippen LogP contribution in [0.2, 0.25) is 0 Å². The predicted octanol–water partition coefficient (Wildman–Crippen LogP) is 2.52. The molecule has 1 aromatic heterocycles. The summed E-state index contributed by atoms with van der Waals surface area (Å²) in [5, 5.41) is 0. The van der Waals surface area contributed by atoms with Crippen molar-refractivity contribution in [3.8, 4) is 5.75 Å². The zero-order chi connectivity index (χ0) is 13.1. The van der Waals surface area contributed by atoms with Gasteiger partial charge in [-0.3, -0.25) is 0 Å². The van der Waals surface area contributed by atoms with E-state index in [1.54, 1.807) is 0 Å². The molecule has 0 aliphatic carbocycles. The maximum absolute atomic E-state index is 5.65. The number of nitrogens with zero attached hydrogens (tertiary/aromatic N) is 2. The van der Waals surface area contributed by atoms with Crippen LogP contribution in [0.25, 0.3) is 11.0 Å². The van der Waals surface area contributed by atoms with E-state index in [9.17, 15) is 0 Å². The van der Waals surface area contributed by atoms with Crippen LogP contribution in [0.3, 0.4) is 0 Å². The molecule has 0 unspecified atom stereocenters. The zero-order valence-electron chi connectivity index (χ0n) is 11.3. The molecule has 0 spiro atoms. The average molecular weight is 247 g/mol. The lowest BCUT2D eigenvalue weighted by Gasteiger charge is -2.12. The number of hydrogen-bond acceptors (Lipinski definition) is 3. The van der Waals surface area contributed by atoms with Crippen molar-refractivity contribution in [2.45, 2.75) is 33.2 Å². The molecule has 0 atom stereocenters. The molecule has 0 bridgehead atoms. The van der Waals surface area contributed by atoms with Crippen molar-refractivity contribution in [1.82, 2.24) is 9.55 Å². The van der Waals surface area contributed by atoms with E-state index in [1.807, 2.05) is 19.1 Å². The van der Waals surface area contributed by atoms with Crippen LogP contribution in [0, 0.1) is 0 Å². The molecule has 0 saturated heterocycles. The van der Waals surface area contributed by atoms with E-state index in [1.165, 1.54) is 0 Å². The Bertz CT molecular complexity index is 531. The van der Waals surface area contributed by atoms with Gasteiger partial charge in [-0.1, -0.05) is 0 Å². The summed E-state index contributed by atoms with van der Waals surface area (Å²) in [6, 6.07) is 6.46. The van der Waals surface area contributed by atoms with Crippen LogP contribution in [-0.2, 0) is 6.42 Å². The summed E-state index contributed by atoms with van der Waals surface area (Å²) in [7, 11) is 0. The predicted molar refractivity (Wildman–Crippen MR) is 74.0 cm³/mol. The van der Waals surface area contributed by atoms with Gasteiger partial charge in [0.2, 0.25) is 0 Å². The minimum atomic E-state index is 0.384. The van der Waals surface area contributed by atoms with Crippen LogP contribution in [0.4, 0.5) is 0 Å². The molecular formula is C14H21N3O. The number of rotatable bonds is 5. The van der Waals surface area contributed by atoms with Gasteiger partial charge >= 0.3 is 0 Å². The third-order valence-corrected chi connectivity index (χ3v) is 2.93. The fourth-order valence-corrected chi connectivity index (χ4v) is 2.27. The van der Waals surface area contributed by atoms with E-state index in [2.05, 4.69) is 29.5 Å². The molecule has 98 valence electrons. The van der Waals surface area contributed by atoms with Crippen LogP contribution < -0.4 is 10.5 Å². The van der Waals surface area contributed by atoms with Crippen molar-refractivity contribution in [2.24, 2.45) is 5.73 Å². The van der Waals surface area contributed by atoms with Gasteiger partial charge in [-0.05, 0) is 39.4 Å². The molecule has 4 nitrogen and oxygen atoms in total. The van der Waals surface area contributed by atoms with Crippen molar-refractivity contribution in [2.75, 3.05) is 13.2 Å². The van der Waals surface area contributed by atoms with Gasteiger partial charge in [0.05, 0.1) is 17.6 Å². The third-order valence-electron chi connectivity index (χ3n) is 2.93. The van der Waals surface area contributed by atoms with Gasteiger partial charge < -0.3 is 15.0 Å². The highest BCUT2D eigenvalue weighted by Crippen LogP contribution is 2.25. The standard InChI is InChI=1S/C14H21N3O/c1-4-18-11-5-6-13-12(9-11)16-14(7-8-15)17(13)10(2)3/h5-6,9-10H,4,7-8,15H2,1-3H3. The molecule has 1 heterocycles. The number of imidazole rings is 1. The third kappa shape index (κ3) is 2.34. The van der Waals surface area contributed by atoms with E-state index in [0.29, 0.717) is 19.2 Å². The molecule has 2 rings (SSSR count). The van der Waals surface area contributed by atoms with E-state index in [4.69, 9.17) is 10.5 Å². The van der Waals surface area contributed by atoms with Gasteiger partial charge in [-0.15, -0.1) is 0 Å². The molecule has 0 saturated carbocycles. The van der Waals surface area contributed by atoms with Crippen molar-refractivity contribution in [3.05, 3.63) is 24.0 Å². The summed E-state index contributed by atoms with van der Waals surface area (Å²) in [5.41, 5.74) is 7.79. The fraction of sp³-hybridized carbons (Fsp3) is 0.500. The Balaban J connectivity index is 2.53. The lowest BCUT2D eigenvalue weighted by molar-refractivity contribution is 0.340. The van der Waals surface area contributed by atoms with Gasteiger partial charge in [0.15, 0.2) is 0 Å². The highest BCUT2D eigenvalue weighted by molar-refractivity contribution is 5.78. The normalized spacial score (nSPS) is 11.4. The summed E-state index contributed by atoms with van der Waals surface area (Å²) in [6.07, 6.45) is 0.802. The van der Waals surface area contributed by atoms with Crippen molar-refractivity contribution >= 4 is 11.0 Å². The van der Waals surface area contributed by atoms with Gasteiger partial charge in [0, 0.05) is 18.5 Å². The van der Waals surface area contributed by atoms with Crippen LogP contribution in [0.1, 0.15) is 32.6 Å². The Labute approximate surface area is 108 Å². The minimum Gasteiger partial charge on any atom is -0.494 e. The molecule has 4 heteroatoms. The summed E-state index contributed by atoms with van der Waals surface area (Å²) in [6.45, 7) is 7.60. The molecule has 1 aromatic carbocycles. The number of benzene rings is 1. The Hall–Kier alpha value is -1.55. The second kappa shape index (κ2) is 5.40. The summed E-state index contributed by atoms with van der Waals surface area (Å²) < 4.78 is 7.76. The zero-order valence-corrected chi connectivity index (χ0v) is 11.3. The second-order valence-corrected chi connectivity index (χ2v) is 4.61. The number of nitrogens with two attached hydrogens (primary N) is 1. The molecule has 0 aliphatic rings. The quantitative estimate of drug-likeness (QED) is 0.883. The van der Waals surface area contributed by atoms with Gasteiger partial charge in [-0.2, -0.15) is 0 Å². The lowest BCUT2D eigenvalue weighted by atomic mass is 10.2. The Morgan fingerprint density at radius 2 is 2.17 bits per heavy atom. The van der Waals surface area contributed by atoms with Crippen LogP contribution in [-0.4, -0.2) is 22.7 Å². The minimum absolute atomic E-state index is 0.384. The van der Waals surface area contributed by atoms with Crippen LogP contribution in [0.5, 0.6) is 5.75 Å². The first-order chi connectivity index (χ1) is 8.67. The van der Waals surface area contributed by atoms with E-state index in [-0.39, 0.29) is 0 Å². The summed E-state index contributed by atoms with van der Waals surface area (Å²) >= 11 is 0.